The second-order valence-corrected chi connectivity index (χ2v) is 4.13. The standard InChI is InChI=1S/C9H17NO4/c1-7(11)14-8(5-9(12)13)6-10(2,3)4/h8H,5-6H2,1-4H3/p+1/t8-/m1/s1/i5D/t5-,8+/m0. The van der Waals surface area contributed by atoms with Gasteiger partial charge in [-0.1, -0.05) is 0 Å². The zero-order chi connectivity index (χ0) is 12.2. The molecule has 0 aromatic heterocycles. The van der Waals surface area contributed by atoms with E-state index < -0.39 is 24.4 Å². The van der Waals surface area contributed by atoms with Crippen LogP contribution < -0.4 is 0 Å². The van der Waals surface area contributed by atoms with Gasteiger partial charge in [0.15, 0.2) is 6.10 Å². The van der Waals surface area contributed by atoms with Crippen molar-refractivity contribution in [2.45, 2.75) is 19.4 Å². The molecule has 0 aliphatic heterocycles. The number of carboxylic acids is 1. The molecule has 0 amide bonds. The van der Waals surface area contributed by atoms with Gasteiger partial charge in [0.2, 0.25) is 0 Å². The van der Waals surface area contributed by atoms with Gasteiger partial charge in [-0.2, -0.15) is 0 Å². The predicted molar refractivity (Wildman–Crippen MR) is 50.7 cm³/mol. The molecular formula is C9H18NO4+. The number of hydrogen-bond donors (Lipinski definition) is 1. The van der Waals surface area contributed by atoms with E-state index >= 15 is 0 Å². The fourth-order valence-electron chi connectivity index (χ4n) is 1.04. The molecule has 1 N–H and O–H groups in total. The van der Waals surface area contributed by atoms with Gasteiger partial charge in [-0.15, -0.1) is 0 Å². The van der Waals surface area contributed by atoms with E-state index in [-0.39, 0.29) is 0 Å². The molecule has 0 aromatic carbocycles. The molecule has 0 saturated carbocycles. The van der Waals surface area contributed by atoms with Crippen LogP contribution in [-0.4, -0.2) is 55.3 Å². The number of esters is 1. The highest BCUT2D eigenvalue weighted by Gasteiger charge is 2.23. The molecule has 82 valence electrons. The van der Waals surface area contributed by atoms with Crippen LogP contribution in [0.4, 0.5) is 0 Å². The summed E-state index contributed by atoms with van der Waals surface area (Å²) in [5.41, 5.74) is 0. The Balaban J connectivity index is 4.58. The van der Waals surface area contributed by atoms with Crippen molar-refractivity contribution in [1.82, 2.24) is 0 Å². The minimum Gasteiger partial charge on any atom is -0.481 e. The first-order chi connectivity index (χ1) is 6.63. The van der Waals surface area contributed by atoms with E-state index in [4.69, 9.17) is 11.2 Å². The summed E-state index contributed by atoms with van der Waals surface area (Å²) in [6, 6.07) is 0. The van der Waals surface area contributed by atoms with Gasteiger partial charge >= 0.3 is 11.9 Å². The summed E-state index contributed by atoms with van der Waals surface area (Å²) in [7, 11) is 5.52. The lowest BCUT2D eigenvalue weighted by atomic mass is 10.2. The first-order valence-corrected chi connectivity index (χ1v) is 4.26. The van der Waals surface area contributed by atoms with E-state index in [0.717, 1.165) is 0 Å². The van der Waals surface area contributed by atoms with Gasteiger partial charge in [0.05, 0.1) is 27.5 Å². The molecule has 5 heteroatoms. The Kier molecular flexibility index (Phi) is 3.88. The largest absolute Gasteiger partial charge is 0.481 e. The van der Waals surface area contributed by atoms with Crippen molar-refractivity contribution in [3.8, 4) is 0 Å². The van der Waals surface area contributed by atoms with Gasteiger partial charge in [-0.25, -0.2) is 0 Å². The quantitative estimate of drug-likeness (QED) is 0.510. The van der Waals surface area contributed by atoms with Gasteiger partial charge in [-0.3, -0.25) is 9.59 Å². The summed E-state index contributed by atoms with van der Waals surface area (Å²) in [4.78, 5) is 21.4. The number of carbonyl (C=O) groups is 2. The van der Waals surface area contributed by atoms with Crippen LogP contribution >= 0.6 is 0 Å². The highest BCUT2D eigenvalue weighted by molar-refractivity contribution is 5.69. The first-order valence-electron chi connectivity index (χ1n) is 4.84. The van der Waals surface area contributed by atoms with E-state index in [9.17, 15) is 9.59 Å². The van der Waals surface area contributed by atoms with Gasteiger partial charge in [0.1, 0.15) is 6.54 Å². The van der Waals surface area contributed by atoms with Gasteiger partial charge in [-0.05, 0) is 0 Å². The molecule has 14 heavy (non-hydrogen) atoms. The average Bonchev–Trinajstić information content (AvgIpc) is 1.97. The average molecular weight is 205 g/mol. The Morgan fingerprint density at radius 3 is 2.29 bits per heavy atom. The maximum absolute atomic E-state index is 10.8. The number of nitrogens with zero attached hydrogens (tertiary/aromatic N) is 1. The molecule has 0 aliphatic carbocycles. The summed E-state index contributed by atoms with van der Waals surface area (Å²) in [6.45, 7) is 1.50. The number of carboxylic acid groups (broad SMARTS) is 1. The predicted octanol–water partition coefficient (Wildman–Crippen LogP) is 0.0990. The Bertz CT molecular complexity index is 249. The summed E-state index contributed by atoms with van der Waals surface area (Å²) < 4.78 is 12.6. The van der Waals surface area contributed by atoms with Gasteiger partial charge in [0.25, 0.3) is 0 Å². The van der Waals surface area contributed by atoms with Crippen molar-refractivity contribution < 1.29 is 25.3 Å². The molecule has 0 bridgehead atoms. The van der Waals surface area contributed by atoms with Crippen LogP contribution in [0, 0.1) is 0 Å². The highest BCUT2D eigenvalue weighted by atomic mass is 16.5. The molecule has 5 nitrogen and oxygen atoms in total. The van der Waals surface area contributed by atoms with Crippen LogP contribution in [-0.2, 0) is 14.3 Å². The Labute approximate surface area is 85.3 Å². The van der Waals surface area contributed by atoms with Crippen molar-refractivity contribution in [3.05, 3.63) is 0 Å². The number of likely N-dealkylation sites (N-methyl/N-ethyl adjacent to an activating group) is 1. The fraction of sp³-hybridized carbons (Fsp3) is 0.778. The summed E-state index contributed by atoms with van der Waals surface area (Å²) in [6.07, 6.45) is -2.36. The van der Waals surface area contributed by atoms with E-state index in [0.29, 0.717) is 11.0 Å². The summed E-state index contributed by atoms with van der Waals surface area (Å²) in [5, 5.41) is 8.68. The third kappa shape index (κ3) is 7.54. The van der Waals surface area contributed by atoms with Crippen molar-refractivity contribution >= 4 is 11.9 Å². The number of rotatable bonds is 5. The Morgan fingerprint density at radius 1 is 1.50 bits per heavy atom. The minimum atomic E-state index is -1.44. The number of quaternary nitrogens is 1. The van der Waals surface area contributed by atoms with E-state index in [1.54, 1.807) is 0 Å². The van der Waals surface area contributed by atoms with Gasteiger partial charge < -0.3 is 14.3 Å². The lowest BCUT2D eigenvalue weighted by Gasteiger charge is -2.28. The topological polar surface area (TPSA) is 63.6 Å². The van der Waals surface area contributed by atoms with Crippen LogP contribution in [0.1, 0.15) is 14.7 Å². The maximum atomic E-state index is 10.8. The zero-order valence-corrected chi connectivity index (χ0v) is 8.98. The molecule has 0 radical (unpaired) electrons. The molecule has 0 heterocycles. The van der Waals surface area contributed by atoms with Crippen LogP contribution in [0.2, 0.25) is 0 Å². The number of carbonyl (C=O) groups excluding carboxylic acids is 1. The third-order valence-corrected chi connectivity index (χ3v) is 1.37. The molecule has 0 aliphatic rings. The smallest absolute Gasteiger partial charge is 0.307 e. The molecule has 0 saturated heterocycles. The highest BCUT2D eigenvalue weighted by Crippen LogP contribution is 2.04. The molecule has 0 aromatic rings. The van der Waals surface area contributed by atoms with E-state index in [2.05, 4.69) is 0 Å². The zero-order valence-electron chi connectivity index (χ0n) is 9.98. The monoisotopic (exact) mass is 205 g/mol. The SMILES string of the molecule is [2H][C@H](C(=O)O)[C@H](C[N+](C)(C)C)OC(C)=O. The number of aliphatic carboxylic acids is 1. The number of hydrogen-bond acceptors (Lipinski definition) is 3. The van der Waals surface area contributed by atoms with Crippen molar-refractivity contribution in [2.24, 2.45) is 0 Å². The normalized spacial score (nSPS) is 16.7. The molecular weight excluding hydrogens is 186 g/mol. The van der Waals surface area contributed by atoms with Crippen LogP contribution in [0.15, 0.2) is 0 Å². The molecule has 2 atom stereocenters. The Morgan fingerprint density at radius 2 is 2.00 bits per heavy atom. The molecule has 0 fully saturated rings. The van der Waals surface area contributed by atoms with Crippen LogP contribution in [0.5, 0.6) is 0 Å². The van der Waals surface area contributed by atoms with E-state index in [1.165, 1.54) is 6.92 Å². The van der Waals surface area contributed by atoms with E-state index in [1.807, 2.05) is 21.1 Å². The summed E-state index contributed by atoms with van der Waals surface area (Å²) in [5.74, 6) is -1.85. The minimum absolute atomic E-state index is 0.292. The van der Waals surface area contributed by atoms with Crippen molar-refractivity contribution in [1.29, 1.82) is 0 Å². The molecule has 0 rings (SSSR count). The van der Waals surface area contributed by atoms with Crippen LogP contribution in [0.25, 0.3) is 0 Å². The second kappa shape index (κ2) is 4.95. The maximum Gasteiger partial charge on any atom is 0.307 e. The fourth-order valence-corrected chi connectivity index (χ4v) is 1.04. The molecule has 0 spiro atoms. The number of ether oxygens (including phenoxy) is 1. The van der Waals surface area contributed by atoms with Crippen molar-refractivity contribution in [3.63, 3.8) is 0 Å². The van der Waals surface area contributed by atoms with Crippen molar-refractivity contribution in [2.75, 3.05) is 27.7 Å². The molecule has 0 unspecified atom stereocenters. The first kappa shape index (κ1) is 11.0. The second-order valence-electron chi connectivity index (χ2n) is 4.13. The summed E-state index contributed by atoms with van der Waals surface area (Å²) >= 11 is 0. The van der Waals surface area contributed by atoms with Gasteiger partial charge in [0, 0.05) is 8.29 Å². The third-order valence-electron chi connectivity index (χ3n) is 1.37. The lowest BCUT2D eigenvalue weighted by Crippen LogP contribution is -2.43. The van der Waals surface area contributed by atoms with Crippen LogP contribution in [0.3, 0.4) is 0 Å². The lowest BCUT2D eigenvalue weighted by molar-refractivity contribution is -0.873. The Hall–Kier alpha value is -1.10.